The summed E-state index contributed by atoms with van der Waals surface area (Å²) >= 11 is 0. The summed E-state index contributed by atoms with van der Waals surface area (Å²) in [5, 5.41) is 20.1. The van der Waals surface area contributed by atoms with E-state index in [1.54, 1.807) is 6.92 Å². The molecule has 1 aliphatic rings. The lowest BCUT2D eigenvalue weighted by atomic mass is 10.1. The fourth-order valence-corrected chi connectivity index (χ4v) is 3.79. The Balaban J connectivity index is 0.000000307. The highest BCUT2D eigenvalue weighted by Crippen LogP contribution is 2.38. The lowest BCUT2D eigenvalue weighted by Gasteiger charge is -2.18. The Bertz CT molecular complexity index is 1100. The summed E-state index contributed by atoms with van der Waals surface area (Å²) in [6.07, 6.45) is -0.559. The molecule has 0 aromatic carbocycles. The van der Waals surface area contributed by atoms with Gasteiger partial charge in [0.15, 0.2) is 17.7 Å². The number of phosphoric ester groups is 1. The van der Waals surface area contributed by atoms with Gasteiger partial charge in [-0.2, -0.15) is 0 Å². The number of aliphatic hydroxyl groups is 2. The molecule has 3 rings (SSSR count). The van der Waals surface area contributed by atoms with Crippen LogP contribution in [0.2, 0.25) is 0 Å². The zero-order valence-electron chi connectivity index (χ0n) is 19.8. The van der Waals surface area contributed by atoms with Crippen LogP contribution in [0.4, 0.5) is 5.82 Å². The number of imidazole rings is 1. The molecule has 8 N–H and O–H groups in total. The Morgan fingerprint density at radius 3 is 2.46 bits per heavy atom. The zero-order chi connectivity index (χ0) is 26.5. The van der Waals surface area contributed by atoms with Gasteiger partial charge in [0.2, 0.25) is 5.91 Å². The summed E-state index contributed by atoms with van der Waals surface area (Å²) in [5.74, 6) is -0.185. The molecule has 0 bridgehead atoms. The van der Waals surface area contributed by atoms with E-state index < -0.39 is 39.0 Å². The summed E-state index contributed by atoms with van der Waals surface area (Å²) < 4.78 is 21.8. The maximum absolute atomic E-state index is 10.9. The first-order chi connectivity index (χ1) is 16.3. The van der Waals surface area contributed by atoms with E-state index in [0.29, 0.717) is 11.1 Å². The first kappa shape index (κ1) is 28.6. The second kappa shape index (κ2) is 11.9. The molecule has 1 fully saturated rings. The molecule has 1 saturated heterocycles. The van der Waals surface area contributed by atoms with Crippen LogP contribution in [-0.4, -0.2) is 89.3 Å². The number of nitrogens with two attached hydrogens (primary N) is 2. The van der Waals surface area contributed by atoms with Gasteiger partial charge in [0.25, 0.3) is 0 Å². The molecule has 0 spiro atoms. The SMILES string of the molecule is CCC/C(=C(/C)C(N)=O)N(C)C.Nc1ncnc2c1ncn2[C@@H]1O[C@H](COP(=O)(O)O)[C@@H](O)[C@H]1O. The van der Waals surface area contributed by atoms with Crippen LogP contribution in [0.15, 0.2) is 23.9 Å². The van der Waals surface area contributed by atoms with Gasteiger partial charge in [-0.3, -0.25) is 13.9 Å². The van der Waals surface area contributed by atoms with E-state index in [-0.39, 0.29) is 17.4 Å². The lowest BCUT2D eigenvalue weighted by Crippen LogP contribution is -2.33. The number of anilines is 1. The van der Waals surface area contributed by atoms with Crippen molar-refractivity contribution in [3.63, 3.8) is 0 Å². The summed E-state index contributed by atoms with van der Waals surface area (Å²) in [6, 6.07) is 0. The third-order valence-electron chi connectivity index (χ3n) is 5.23. The van der Waals surface area contributed by atoms with Crippen molar-refractivity contribution >= 4 is 30.7 Å². The van der Waals surface area contributed by atoms with Gasteiger partial charge in [-0.05, 0) is 13.3 Å². The topological polar surface area (TPSA) is 232 Å². The smallest absolute Gasteiger partial charge is 0.387 e. The molecule has 0 saturated carbocycles. The average molecular weight is 517 g/mol. The summed E-state index contributed by atoms with van der Waals surface area (Å²) in [4.78, 5) is 42.0. The fraction of sp³-hybridized carbons (Fsp3) is 0.579. The highest BCUT2D eigenvalue weighted by atomic mass is 31.2. The molecule has 2 aromatic rings. The number of fused-ring (bicyclic) bond motifs is 1. The summed E-state index contributed by atoms with van der Waals surface area (Å²) in [6.45, 7) is 3.26. The molecule has 0 radical (unpaired) electrons. The van der Waals surface area contributed by atoms with Gasteiger partial charge >= 0.3 is 7.82 Å². The number of nitrogens with zero attached hydrogens (tertiary/aromatic N) is 5. The van der Waals surface area contributed by atoms with Crippen molar-refractivity contribution in [1.82, 2.24) is 24.4 Å². The predicted octanol–water partition coefficient (Wildman–Crippen LogP) is -0.756. The van der Waals surface area contributed by atoms with E-state index in [2.05, 4.69) is 26.4 Å². The van der Waals surface area contributed by atoms with Crippen LogP contribution in [-0.2, 0) is 18.6 Å². The number of phosphoric acid groups is 1. The van der Waals surface area contributed by atoms with E-state index in [1.165, 1.54) is 17.2 Å². The third-order valence-corrected chi connectivity index (χ3v) is 5.72. The van der Waals surface area contributed by atoms with Crippen LogP contribution in [0.25, 0.3) is 11.2 Å². The highest BCUT2D eigenvalue weighted by Gasteiger charge is 2.45. The maximum Gasteiger partial charge on any atom is 0.469 e. The zero-order valence-corrected chi connectivity index (χ0v) is 20.7. The third kappa shape index (κ3) is 7.18. The number of carbonyl (C=O) groups excluding carboxylic acids is 1. The minimum atomic E-state index is -4.72. The van der Waals surface area contributed by atoms with E-state index >= 15 is 0 Å². The van der Waals surface area contributed by atoms with Gasteiger partial charge in [0.1, 0.15) is 30.2 Å². The van der Waals surface area contributed by atoms with Gasteiger partial charge in [-0.25, -0.2) is 19.5 Å². The highest BCUT2D eigenvalue weighted by molar-refractivity contribution is 7.46. The lowest BCUT2D eigenvalue weighted by molar-refractivity contribution is -0.114. The van der Waals surface area contributed by atoms with E-state index in [9.17, 15) is 19.6 Å². The number of nitrogen functional groups attached to an aromatic ring is 1. The number of ether oxygens (including phenoxy) is 1. The van der Waals surface area contributed by atoms with Crippen molar-refractivity contribution in [1.29, 1.82) is 0 Å². The van der Waals surface area contributed by atoms with Crippen molar-refractivity contribution in [2.45, 2.75) is 51.2 Å². The fourth-order valence-electron chi connectivity index (χ4n) is 3.45. The molecular formula is C19H32N7O8P. The minimum Gasteiger partial charge on any atom is -0.387 e. The monoisotopic (exact) mass is 517 g/mol. The molecule has 1 amide bonds. The summed E-state index contributed by atoms with van der Waals surface area (Å²) in [5.41, 5.74) is 13.1. The Labute approximate surface area is 201 Å². The molecule has 16 heteroatoms. The van der Waals surface area contributed by atoms with Crippen molar-refractivity contribution in [3.05, 3.63) is 23.9 Å². The van der Waals surface area contributed by atoms with Crippen LogP contribution in [0.3, 0.4) is 0 Å². The molecule has 3 heterocycles. The molecule has 35 heavy (non-hydrogen) atoms. The normalized spacial score (nSPS) is 23.0. The minimum absolute atomic E-state index is 0.142. The first-order valence-corrected chi connectivity index (χ1v) is 12.1. The van der Waals surface area contributed by atoms with Crippen molar-refractivity contribution in [2.75, 3.05) is 26.4 Å². The molecule has 0 aliphatic carbocycles. The molecular weight excluding hydrogens is 485 g/mol. The second-order valence-corrected chi connectivity index (χ2v) is 9.24. The van der Waals surface area contributed by atoms with Crippen LogP contribution < -0.4 is 11.5 Å². The number of carbonyl (C=O) groups is 1. The maximum atomic E-state index is 10.9. The number of rotatable bonds is 8. The molecule has 15 nitrogen and oxygen atoms in total. The van der Waals surface area contributed by atoms with Crippen LogP contribution in [0.1, 0.15) is 32.9 Å². The van der Waals surface area contributed by atoms with Crippen molar-refractivity contribution in [2.24, 2.45) is 5.73 Å². The van der Waals surface area contributed by atoms with Crippen molar-refractivity contribution in [3.8, 4) is 0 Å². The van der Waals surface area contributed by atoms with Gasteiger partial charge in [0, 0.05) is 25.4 Å². The average Bonchev–Trinajstić information content (AvgIpc) is 3.32. The molecule has 0 unspecified atom stereocenters. The van der Waals surface area contributed by atoms with E-state index in [4.69, 9.17) is 26.0 Å². The predicted molar refractivity (Wildman–Crippen MR) is 124 cm³/mol. The van der Waals surface area contributed by atoms with E-state index in [0.717, 1.165) is 18.5 Å². The van der Waals surface area contributed by atoms with Crippen LogP contribution in [0, 0.1) is 0 Å². The molecule has 196 valence electrons. The Hall–Kier alpha value is -2.65. The van der Waals surface area contributed by atoms with Gasteiger partial charge in [0.05, 0.1) is 12.9 Å². The van der Waals surface area contributed by atoms with Gasteiger partial charge in [-0.1, -0.05) is 13.3 Å². The van der Waals surface area contributed by atoms with Gasteiger partial charge < -0.3 is 41.1 Å². The number of allylic oxidation sites excluding steroid dienone is 1. The number of primary amides is 1. The quantitative estimate of drug-likeness (QED) is 0.187. The van der Waals surface area contributed by atoms with E-state index in [1.807, 2.05) is 19.0 Å². The number of aromatic nitrogens is 4. The Morgan fingerprint density at radius 2 is 1.91 bits per heavy atom. The largest absolute Gasteiger partial charge is 0.469 e. The van der Waals surface area contributed by atoms with Crippen LogP contribution >= 0.6 is 7.82 Å². The number of aliphatic hydroxyl groups excluding tert-OH is 2. The van der Waals surface area contributed by atoms with Crippen molar-refractivity contribution < 1.29 is 38.6 Å². The van der Waals surface area contributed by atoms with Gasteiger partial charge in [-0.15, -0.1) is 0 Å². The number of amides is 1. The molecule has 2 aromatic heterocycles. The summed E-state index contributed by atoms with van der Waals surface area (Å²) in [7, 11) is -0.863. The molecule has 1 aliphatic heterocycles. The number of hydrogen-bond donors (Lipinski definition) is 6. The Kier molecular flexibility index (Phi) is 9.68. The standard InChI is InChI=1S/C10H14N5O7P.C9H18N2O/c11-8-5-9(13-2-12-8)15(3-14-5)10-7(17)6(16)4(22-10)1-21-23(18,19)20;1-5-6-8(11(3)4)7(2)9(10)12/h2-4,6-7,10,16-17H,1H2,(H2,11,12,13)(H2,18,19,20);5-6H2,1-4H3,(H2,10,12)/b;8-7+/t4-,6-,7-,10-;/m1./s1. The number of hydrogen-bond acceptors (Lipinski definition) is 11. The Morgan fingerprint density at radius 1 is 1.26 bits per heavy atom. The second-order valence-electron chi connectivity index (χ2n) is 8.00. The molecule has 4 atom stereocenters. The first-order valence-electron chi connectivity index (χ1n) is 10.6. The van der Waals surface area contributed by atoms with Crippen LogP contribution in [0.5, 0.6) is 0 Å².